The second-order valence-electron chi connectivity index (χ2n) is 3.07. The molecule has 1 aliphatic rings. The smallest absolute Gasteiger partial charge is 0.147 e. The third-order valence-electron chi connectivity index (χ3n) is 2.21. The van der Waals surface area contributed by atoms with Gasteiger partial charge in [0, 0.05) is 5.69 Å². The number of hydrogen-bond donors (Lipinski definition) is 0. The first-order chi connectivity index (χ1) is 5.77. The summed E-state index contributed by atoms with van der Waals surface area (Å²) in [7, 11) is 0. The van der Waals surface area contributed by atoms with Crippen LogP contribution in [-0.2, 0) is 12.8 Å². The molecule has 64 valence electrons. The molecular formula is C9H9Cl2N. The van der Waals surface area contributed by atoms with Gasteiger partial charge >= 0.3 is 0 Å². The molecule has 3 heteroatoms. The highest BCUT2D eigenvalue weighted by atomic mass is 35.5. The second-order valence-corrected chi connectivity index (χ2v) is 3.84. The Bertz CT molecular complexity index is 279. The zero-order chi connectivity index (χ0) is 8.55. The highest BCUT2D eigenvalue weighted by Gasteiger charge is 2.12. The van der Waals surface area contributed by atoms with Crippen molar-refractivity contribution < 1.29 is 0 Å². The number of hydrogen-bond acceptors (Lipinski definition) is 1. The normalized spacial score (nSPS) is 15.8. The first kappa shape index (κ1) is 8.33. The van der Waals surface area contributed by atoms with Crippen molar-refractivity contribution in [2.75, 3.05) is 0 Å². The minimum atomic E-state index is 0.442. The average Bonchev–Trinajstić information content (AvgIpc) is 2.07. The van der Waals surface area contributed by atoms with E-state index in [2.05, 4.69) is 4.98 Å². The van der Waals surface area contributed by atoms with E-state index in [0.717, 1.165) is 18.5 Å². The van der Waals surface area contributed by atoms with Crippen LogP contribution in [0.3, 0.4) is 0 Å². The van der Waals surface area contributed by atoms with Gasteiger partial charge in [-0.15, -0.1) is 0 Å². The molecule has 0 spiro atoms. The molecule has 0 unspecified atom stereocenters. The molecule has 0 fully saturated rings. The van der Waals surface area contributed by atoms with E-state index in [1.165, 1.54) is 18.4 Å². The lowest BCUT2D eigenvalue weighted by Crippen LogP contribution is -2.05. The van der Waals surface area contributed by atoms with Gasteiger partial charge in [0.15, 0.2) is 0 Å². The van der Waals surface area contributed by atoms with Crippen LogP contribution in [0.4, 0.5) is 0 Å². The van der Waals surface area contributed by atoms with E-state index in [1.54, 1.807) is 0 Å². The van der Waals surface area contributed by atoms with E-state index in [4.69, 9.17) is 23.2 Å². The summed E-state index contributed by atoms with van der Waals surface area (Å²) in [6.45, 7) is 0. The fourth-order valence-electron chi connectivity index (χ4n) is 1.58. The van der Waals surface area contributed by atoms with Gasteiger partial charge in [-0.3, -0.25) is 0 Å². The molecule has 0 radical (unpaired) electrons. The van der Waals surface area contributed by atoms with Crippen molar-refractivity contribution in [2.45, 2.75) is 25.7 Å². The predicted molar refractivity (Wildman–Crippen MR) is 50.9 cm³/mol. The van der Waals surface area contributed by atoms with E-state index in [0.29, 0.717) is 10.2 Å². The quantitative estimate of drug-likeness (QED) is 0.588. The third-order valence-corrected chi connectivity index (χ3v) is 2.88. The SMILES string of the molecule is Clc1cc2c(nc1Cl)CCCC2. The van der Waals surface area contributed by atoms with Crippen LogP contribution in [0, 0.1) is 0 Å². The Labute approximate surface area is 81.7 Å². The molecule has 0 saturated heterocycles. The molecule has 1 aliphatic carbocycles. The highest BCUT2D eigenvalue weighted by Crippen LogP contribution is 2.27. The average molecular weight is 202 g/mol. The minimum absolute atomic E-state index is 0.442. The van der Waals surface area contributed by atoms with Crippen molar-refractivity contribution in [1.82, 2.24) is 4.98 Å². The van der Waals surface area contributed by atoms with Crippen molar-refractivity contribution >= 4 is 23.2 Å². The number of pyridine rings is 1. The summed E-state index contributed by atoms with van der Waals surface area (Å²) < 4.78 is 0. The van der Waals surface area contributed by atoms with Crippen LogP contribution in [0.25, 0.3) is 0 Å². The summed E-state index contributed by atoms with van der Waals surface area (Å²) in [5, 5.41) is 1.02. The molecule has 0 aromatic carbocycles. The molecule has 1 aromatic rings. The fourth-order valence-corrected chi connectivity index (χ4v) is 1.91. The summed E-state index contributed by atoms with van der Waals surface area (Å²) in [4.78, 5) is 4.25. The lowest BCUT2D eigenvalue weighted by Gasteiger charge is -2.14. The van der Waals surface area contributed by atoms with Gasteiger partial charge in [-0.05, 0) is 37.3 Å². The van der Waals surface area contributed by atoms with Gasteiger partial charge in [-0.2, -0.15) is 0 Å². The minimum Gasteiger partial charge on any atom is -0.239 e. The summed E-state index contributed by atoms with van der Waals surface area (Å²) >= 11 is 11.7. The Kier molecular flexibility index (Phi) is 2.24. The van der Waals surface area contributed by atoms with Crippen LogP contribution in [0.1, 0.15) is 24.1 Å². The largest absolute Gasteiger partial charge is 0.239 e. The van der Waals surface area contributed by atoms with Crippen LogP contribution >= 0.6 is 23.2 Å². The number of rotatable bonds is 0. The number of aromatic nitrogens is 1. The molecule has 0 bridgehead atoms. The van der Waals surface area contributed by atoms with E-state index < -0.39 is 0 Å². The molecule has 2 rings (SSSR count). The van der Waals surface area contributed by atoms with E-state index in [9.17, 15) is 0 Å². The topological polar surface area (TPSA) is 12.9 Å². The molecule has 1 nitrogen and oxygen atoms in total. The number of fused-ring (bicyclic) bond motifs is 1. The Morgan fingerprint density at radius 2 is 1.92 bits per heavy atom. The Hall–Kier alpha value is -0.270. The molecule has 1 aromatic heterocycles. The van der Waals surface area contributed by atoms with Crippen LogP contribution < -0.4 is 0 Å². The molecule has 0 aliphatic heterocycles. The maximum atomic E-state index is 5.85. The first-order valence-electron chi connectivity index (χ1n) is 4.11. The highest BCUT2D eigenvalue weighted by molar-refractivity contribution is 6.41. The fraction of sp³-hybridized carbons (Fsp3) is 0.444. The van der Waals surface area contributed by atoms with Crippen molar-refractivity contribution in [1.29, 1.82) is 0 Å². The summed E-state index contributed by atoms with van der Waals surface area (Å²) in [6, 6.07) is 1.95. The molecule has 0 N–H and O–H groups in total. The van der Waals surface area contributed by atoms with Crippen LogP contribution in [0.15, 0.2) is 6.07 Å². The first-order valence-corrected chi connectivity index (χ1v) is 4.87. The molecular weight excluding hydrogens is 193 g/mol. The Balaban J connectivity index is 2.49. The Morgan fingerprint density at radius 3 is 2.75 bits per heavy atom. The van der Waals surface area contributed by atoms with Crippen LogP contribution in [0.2, 0.25) is 10.2 Å². The van der Waals surface area contributed by atoms with Gasteiger partial charge in [-0.1, -0.05) is 23.2 Å². The van der Waals surface area contributed by atoms with Gasteiger partial charge in [0.2, 0.25) is 0 Å². The van der Waals surface area contributed by atoms with E-state index in [-0.39, 0.29) is 0 Å². The van der Waals surface area contributed by atoms with Crippen molar-refractivity contribution in [2.24, 2.45) is 0 Å². The second kappa shape index (κ2) is 3.23. The van der Waals surface area contributed by atoms with Gasteiger partial charge in [0.05, 0.1) is 5.02 Å². The van der Waals surface area contributed by atoms with Crippen molar-refractivity contribution in [3.63, 3.8) is 0 Å². The van der Waals surface area contributed by atoms with Gasteiger partial charge in [-0.25, -0.2) is 4.98 Å². The summed E-state index contributed by atoms with van der Waals surface area (Å²) in [6.07, 6.45) is 4.61. The molecule has 12 heavy (non-hydrogen) atoms. The van der Waals surface area contributed by atoms with Gasteiger partial charge < -0.3 is 0 Å². The van der Waals surface area contributed by atoms with Crippen molar-refractivity contribution in [3.05, 3.63) is 27.5 Å². The van der Waals surface area contributed by atoms with Crippen LogP contribution in [-0.4, -0.2) is 4.98 Å². The molecule has 0 atom stereocenters. The van der Waals surface area contributed by atoms with E-state index >= 15 is 0 Å². The summed E-state index contributed by atoms with van der Waals surface area (Å²) in [5.74, 6) is 0. The molecule has 1 heterocycles. The van der Waals surface area contributed by atoms with E-state index in [1.807, 2.05) is 6.07 Å². The maximum Gasteiger partial charge on any atom is 0.147 e. The zero-order valence-corrected chi connectivity index (χ0v) is 8.12. The number of aryl methyl sites for hydroxylation is 2. The predicted octanol–water partition coefficient (Wildman–Crippen LogP) is 3.27. The third kappa shape index (κ3) is 1.44. The van der Waals surface area contributed by atoms with Gasteiger partial charge in [0.25, 0.3) is 0 Å². The van der Waals surface area contributed by atoms with Crippen molar-refractivity contribution in [3.8, 4) is 0 Å². The summed E-state index contributed by atoms with van der Waals surface area (Å²) in [5.41, 5.74) is 2.41. The molecule has 0 amide bonds. The zero-order valence-electron chi connectivity index (χ0n) is 6.61. The maximum absolute atomic E-state index is 5.85. The molecule has 0 saturated carbocycles. The Morgan fingerprint density at radius 1 is 1.17 bits per heavy atom. The van der Waals surface area contributed by atoms with Gasteiger partial charge in [0.1, 0.15) is 5.15 Å². The standard InChI is InChI=1S/C9H9Cl2N/c10-7-5-6-3-1-2-4-8(6)12-9(7)11/h5H,1-4H2. The number of nitrogens with zero attached hydrogens (tertiary/aromatic N) is 1. The number of halogens is 2. The monoisotopic (exact) mass is 201 g/mol. The lowest BCUT2D eigenvalue weighted by atomic mass is 9.96. The lowest BCUT2D eigenvalue weighted by molar-refractivity contribution is 0.668. The van der Waals surface area contributed by atoms with Crippen LogP contribution in [0.5, 0.6) is 0 Å².